The third-order valence-corrected chi connectivity index (χ3v) is 18.3. The summed E-state index contributed by atoms with van der Waals surface area (Å²) in [5, 5.41) is 18.2. The molecular weight excluding hydrogens is 1000 g/mol. The molecule has 8 heterocycles. The molecule has 5 aliphatic heterocycles. The van der Waals surface area contributed by atoms with E-state index in [0.29, 0.717) is 69.5 Å². The van der Waals surface area contributed by atoms with Gasteiger partial charge < -0.3 is 45.8 Å². The van der Waals surface area contributed by atoms with Crippen molar-refractivity contribution in [2.75, 3.05) is 81.9 Å². The molecule has 74 heavy (non-hydrogen) atoms. The first-order chi connectivity index (χ1) is 35.4. The Morgan fingerprint density at radius 1 is 0.946 bits per heavy atom. The second-order valence-corrected chi connectivity index (χ2v) is 24.2. The number of carbonyl (C=O) groups is 4. The highest BCUT2D eigenvalue weighted by Gasteiger charge is 2.48. The van der Waals surface area contributed by atoms with Gasteiger partial charge in [-0.15, -0.1) is 11.3 Å². The number of anilines is 2. The summed E-state index contributed by atoms with van der Waals surface area (Å²) >= 11 is 10.1. The minimum Gasteiger partial charge on any atom is -0.391 e. The fourth-order valence-corrected chi connectivity index (χ4v) is 13.2. The van der Waals surface area contributed by atoms with E-state index in [-0.39, 0.29) is 54.2 Å². The zero-order chi connectivity index (χ0) is 52.5. The predicted octanol–water partition coefficient (Wildman–Crippen LogP) is 5.17. The quantitative estimate of drug-likeness (QED) is 0.136. The summed E-state index contributed by atoms with van der Waals surface area (Å²) in [6, 6.07) is 7.79. The molecule has 9 rings (SSSR count). The Balaban J connectivity index is 0.791. The number of aromatic nitrogens is 4. The summed E-state index contributed by atoms with van der Waals surface area (Å²) in [4.78, 5) is 85.3. The van der Waals surface area contributed by atoms with Gasteiger partial charge in [-0.25, -0.2) is 19.9 Å². The summed E-state index contributed by atoms with van der Waals surface area (Å²) in [5.41, 5.74) is 10.6. The van der Waals surface area contributed by atoms with Crippen molar-refractivity contribution in [3.05, 3.63) is 70.7 Å². The minimum atomic E-state index is -0.928. The number of benzene rings is 1. The number of nitrogens with zero attached hydrogens (tertiary/aromatic N) is 9. The summed E-state index contributed by atoms with van der Waals surface area (Å²) in [5.74, 6) is 0.451. The lowest BCUT2D eigenvalue weighted by Crippen LogP contribution is -2.58. The number of hydrogen-bond acceptors (Lipinski definition) is 16. The van der Waals surface area contributed by atoms with Crippen LogP contribution in [0, 0.1) is 23.7 Å². The van der Waals surface area contributed by atoms with Gasteiger partial charge in [0.05, 0.1) is 58.4 Å². The van der Waals surface area contributed by atoms with E-state index in [1.165, 1.54) is 23.6 Å². The molecule has 5 saturated heterocycles. The van der Waals surface area contributed by atoms with Gasteiger partial charge in [0.15, 0.2) is 0 Å². The fourth-order valence-electron chi connectivity index (χ4n) is 11.3. The number of halogens is 1. The van der Waals surface area contributed by atoms with Gasteiger partial charge >= 0.3 is 0 Å². The van der Waals surface area contributed by atoms with Crippen molar-refractivity contribution in [1.82, 2.24) is 45.3 Å². The number of pyridine rings is 1. The number of likely N-dealkylation sites (tertiary alicyclic amines) is 1. The number of nitrogens with one attached hydrogen (secondary N) is 2. The highest BCUT2D eigenvalue weighted by Crippen LogP contribution is 2.43. The Kier molecular flexibility index (Phi) is 16.5. The molecule has 21 heteroatoms. The summed E-state index contributed by atoms with van der Waals surface area (Å²) in [7, 11) is 0. The van der Waals surface area contributed by atoms with Crippen LogP contribution < -0.4 is 26.2 Å². The van der Waals surface area contributed by atoms with Crippen LogP contribution in [-0.2, 0) is 23.9 Å². The number of piperidine rings is 2. The predicted molar refractivity (Wildman–Crippen MR) is 287 cm³/mol. The highest BCUT2D eigenvalue weighted by molar-refractivity contribution is 7.99. The molecule has 6 atom stereocenters. The first-order valence-electron chi connectivity index (χ1n) is 26.0. The van der Waals surface area contributed by atoms with Crippen LogP contribution >= 0.6 is 34.7 Å². The monoisotopic (exact) mass is 1070 g/mol. The smallest absolute Gasteiger partial charge is 0.246 e. The lowest BCUT2D eigenvalue weighted by Gasteiger charge is -2.41. The molecule has 0 radical (unpaired) electrons. The number of aryl methyl sites for hydroxylation is 1. The number of rotatable bonds is 13. The number of thiazole rings is 1. The molecule has 0 saturated carbocycles. The Labute approximate surface area is 447 Å². The van der Waals surface area contributed by atoms with Crippen LogP contribution in [0.1, 0.15) is 84.0 Å². The SMILES string of the molecule is CC(=O)N[C@H](C(=O)N1C[C@H](O)C[C@H]1C(=O)N[C@@H](CN1CCN(C(=O)C2CCN(c3nccc(Sc4cnc(N5CCC6(CC5)CO[C@@H](C)[C@H]6N)cn4)c3Cl)CC2)CC1)c1ccc(-c2scnc2C)cc1)C(C)(C)C. The first-order valence-corrected chi connectivity index (χ1v) is 28.0. The molecule has 5 N–H and O–H groups in total. The van der Waals surface area contributed by atoms with E-state index < -0.39 is 35.6 Å². The summed E-state index contributed by atoms with van der Waals surface area (Å²) < 4.78 is 5.90. The number of nitrogens with two attached hydrogens (primary N) is 1. The number of ether oxygens (including phenoxy) is 1. The molecule has 398 valence electrons. The molecule has 0 unspecified atom stereocenters. The van der Waals surface area contributed by atoms with E-state index in [1.807, 2.05) is 74.6 Å². The second kappa shape index (κ2) is 22.7. The largest absolute Gasteiger partial charge is 0.391 e. The molecular formula is C53H71ClN12O6S2. The highest BCUT2D eigenvalue weighted by atomic mass is 35.5. The fraction of sp³-hybridized carbons (Fsp3) is 0.585. The Morgan fingerprint density at radius 3 is 2.27 bits per heavy atom. The van der Waals surface area contributed by atoms with Crippen molar-refractivity contribution in [2.24, 2.45) is 22.5 Å². The van der Waals surface area contributed by atoms with Gasteiger partial charge in [0.1, 0.15) is 28.7 Å². The van der Waals surface area contributed by atoms with Crippen molar-refractivity contribution in [3.8, 4) is 10.4 Å². The van der Waals surface area contributed by atoms with Crippen LogP contribution in [0.2, 0.25) is 5.02 Å². The molecule has 5 fully saturated rings. The zero-order valence-corrected chi connectivity index (χ0v) is 45.7. The van der Waals surface area contributed by atoms with Crippen molar-refractivity contribution >= 4 is 70.0 Å². The Hall–Kier alpha value is -4.96. The van der Waals surface area contributed by atoms with Gasteiger partial charge in [-0.2, -0.15) is 0 Å². The molecule has 4 aromatic rings. The average molecular weight is 1070 g/mol. The molecule has 5 aliphatic rings. The van der Waals surface area contributed by atoms with E-state index in [4.69, 9.17) is 32.0 Å². The average Bonchev–Trinajstić information content (AvgIpc) is 4.09. The van der Waals surface area contributed by atoms with E-state index in [2.05, 4.69) is 42.2 Å². The van der Waals surface area contributed by atoms with Gasteiger partial charge in [0, 0.05) is 107 Å². The van der Waals surface area contributed by atoms with Gasteiger partial charge in [-0.3, -0.25) is 24.1 Å². The maximum atomic E-state index is 14.4. The standard InChI is InChI=1S/C53H71ClN12O6S2/c1-32-45(73-31-59-32)36-9-7-35(8-10-36)39(61-49(69)40-25-38(68)28-66(40)51(71)47(52(4,5)6)60-34(3)67)29-62-21-23-65(24-22-62)50(70)37-12-17-64(18-13-37)48-44(54)41(11-16-56-48)74-43-27-57-42(26-58-43)63-19-14-53(15-20-63)30-72-33(2)46(53)55/h7-11,16,26-27,31,33,37-40,46-47,68H,12-15,17-25,28-30,55H2,1-6H3,(H,60,67)(H,61,69)/t33-,38+,39-,40-,46+,47+/m0/s1. The Morgan fingerprint density at radius 2 is 1.66 bits per heavy atom. The number of amides is 4. The number of carbonyl (C=O) groups excluding carboxylic acids is 4. The Bertz CT molecular complexity index is 2630. The van der Waals surface area contributed by atoms with Crippen LogP contribution in [0.5, 0.6) is 0 Å². The number of piperazine rings is 1. The van der Waals surface area contributed by atoms with Gasteiger partial charge in [0.25, 0.3) is 0 Å². The van der Waals surface area contributed by atoms with E-state index in [0.717, 1.165) is 70.0 Å². The van der Waals surface area contributed by atoms with Gasteiger partial charge in [-0.05, 0) is 62.1 Å². The van der Waals surface area contributed by atoms with E-state index in [9.17, 15) is 24.3 Å². The lowest BCUT2D eigenvalue weighted by molar-refractivity contribution is -0.144. The normalized spacial score (nSPS) is 23.5. The molecule has 0 bridgehead atoms. The number of β-amino-alcohol motifs (C(OH)–C–C–N with tert-alkyl or cyclic N) is 1. The lowest BCUT2D eigenvalue weighted by atomic mass is 9.73. The zero-order valence-electron chi connectivity index (χ0n) is 43.3. The molecule has 1 aromatic carbocycles. The van der Waals surface area contributed by atoms with E-state index >= 15 is 0 Å². The van der Waals surface area contributed by atoms with Crippen LogP contribution in [0.3, 0.4) is 0 Å². The molecule has 1 spiro atoms. The third-order valence-electron chi connectivity index (χ3n) is 15.8. The molecule has 4 amide bonds. The summed E-state index contributed by atoms with van der Waals surface area (Å²) in [6.07, 6.45) is 7.97. The number of hydrogen-bond donors (Lipinski definition) is 4. The van der Waals surface area contributed by atoms with E-state index in [1.54, 1.807) is 23.7 Å². The minimum absolute atomic E-state index is 0.0116. The second-order valence-electron chi connectivity index (χ2n) is 21.9. The van der Waals surface area contributed by atoms with Crippen molar-refractivity contribution in [1.29, 1.82) is 0 Å². The van der Waals surface area contributed by atoms with Crippen molar-refractivity contribution in [3.63, 3.8) is 0 Å². The molecule has 18 nitrogen and oxygen atoms in total. The maximum Gasteiger partial charge on any atom is 0.246 e. The van der Waals surface area contributed by atoms with Crippen LogP contribution in [-0.4, -0.2) is 166 Å². The van der Waals surface area contributed by atoms with Crippen LogP contribution in [0.15, 0.2) is 64.4 Å². The topological polar surface area (TPSA) is 216 Å². The summed E-state index contributed by atoms with van der Waals surface area (Å²) in [6.45, 7) is 17.5. The molecule has 0 aliphatic carbocycles. The maximum absolute atomic E-state index is 14.4. The van der Waals surface area contributed by atoms with Gasteiger partial charge in [0.2, 0.25) is 23.6 Å². The van der Waals surface area contributed by atoms with Crippen LogP contribution in [0.4, 0.5) is 11.6 Å². The van der Waals surface area contributed by atoms with Crippen LogP contribution in [0.25, 0.3) is 10.4 Å². The van der Waals surface area contributed by atoms with Gasteiger partial charge in [-0.1, -0.05) is 68.4 Å². The van der Waals surface area contributed by atoms with Crippen molar-refractivity contribution < 1.29 is 29.0 Å². The van der Waals surface area contributed by atoms with Crippen molar-refractivity contribution in [2.45, 2.75) is 120 Å². The first kappa shape index (κ1) is 53.9. The molecule has 3 aromatic heterocycles. The number of aliphatic hydroxyl groups is 1. The third kappa shape index (κ3) is 11.9. The number of aliphatic hydroxyl groups excluding tert-OH is 1.